The predicted octanol–water partition coefficient (Wildman–Crippen LogP) is 7.17. The third-order valence-corrected chi connectivity index (χ3v) is 11.5. The third kappa shape index (κ3) is 2.83. The molecule has 2 heterocycles. The van der Waals surface area contributed by atoms with Gasteiger partial charge in [-0.2, -0.15) is 4.57 Å². The van der Waals surface area contributed by atoms with E-state index in [1.54, 1.807) is 0 Å². The second-order valence-electron chi connectivity index (χ2n) is 11.2. The molecule has 2 aromatic carbocycles. The van der Waals surface area contributed by atoms with E-state index in [1.165, 1.54) is 63.8 Å². The van der Waals surface area contributed by atoms with Crippen LogP contribution in [-0.4, -0.2) is 8.07 Å². The van der Waals surface area contributed by atoms with Gasteiger partial charge in [0.2, 0.25) is 5.69 Å². The quantitative estimate of drug-likeness (QED) is 0.293. The van der Waals surface area contributed by atoms with Crippen LogP contribution < -0.4 is 4.57 Å². The topological polar surface area (TPSA) is 3.88 Å². The minimum absolute atomic E-state index is 0.0694. The van der Waals surface area contributed by atoms with Gasteiger partial charge in [-0.1, -0.05) is 69.4 Å². The average Bonchev–Trinajstić information content (AvgIpc) is 2.72. The summed E-state index contributed by atoms with van der Waals surface area (Å²) in [6.45, 7) is 14.2. The van der Waals surface area contributed by atoms with Gasteiger partial charge in [-0.05, 0) is 53.3 Å². The van der Waals surface area contributed by atoms with Crippen molar-refractivity contribution in [2.45, 2.75) is 77.1 Å². The molecule has 156 valence electrons. The van der Waals surface area contributed by atoms with E-state index in [9.17, 15) is 0 Å². The van der Waals surface area contributed by atoms with Gasteiger partial charge in [0, 0.05) is 26.5 Å². The van der Waals surface area contributed by atoms with E-state index < -0.39 is 8.07 Å². The van der Waals surface area contributed by atoms with E-state index in [0.29, 0.717) is 12.0 Å². The lowest BCUT2D eigenvalue weighted by atomic mass is 9.68. The van der Waals surface area contributed by atoms with Crippen molar-refractivity contribution < 1.29 is 5.94 Å². The summed E-state index contributed by atoms with van der Waals surface area (Å²) in [7, 11) is 1.15. The van der Waals surface area contributed by atoms with Crippen LogP contribution in [0.1, 0.15) is 61.9 Å². The van der Waals surface area contributed by atoms with Crippen molar-refractivity contribution in [2.75, 3.05) is 0 Å². The molecule has 0 bridgehead atoms. The predicted molar refractivity (Wildman–Crippen MR) is 131 cm³/mol. The van der Waals surface area contributed by atoms with Gasteiger partial charge in [0.1, 0.15) is 7.05 Å². The monoisotopic (exact) mass is 415 g/mol. The molecule has 2 aliphatic rings. The Morgan fingerprint density at radius 3 is 2.47 bits per heavy atom. The van der Waals surface area contributed by atoms with E-state index in [-0.39, 0.29) is 5.41 Å². The normalized spacial score (nSPS) is 20.2. The molecule has 1 fully saturated rings. The summed E-state index contributed by atoms with van der Waals surface area (Å²) in [5.41, 5.74) is 9.29. The van der Waals surface area contributed by atoms with Gasteiger partial charge in [0.15, 0.2) is 5.69 Å². The molecule has 0 spiro atoms. The molecule has 1 aliphatic carbocycles. The number of hydrogen-bond acceptors (Lipinski definition) is 0. The van der Waals surface area contributed by atoms with E-state index in [2.05, 4.69) is 82.7 Å². The molecule has 0 atom stereocenters. The zero-order chi connectivity index (χ0) is 22.3. The first-order valence-electron chi connectivity index (χ1n) is 12.1. The summed E-state index contributed by atoms with van der Waals surface area (Å²) in [5, 5.41) is 2.46. The van der Waals surface area contributed by atoms with Gasteiger partial charge in [-0.3, -0.25) is 0 Å². The number of aryl methyl sites for hydroxylation is 1. The highest BCUT2D eigenvalue weighted by molar-refractivity contribution is 6.77. The van der Waals surface area contributed by atoms with E-state index >= 15 is 0 Å². The highest BCUT2D eigenvalue weighted by Crippen LogP contribution is 2.50. The Labute approximate surface area is 184 Å². The minimum atomic E-state index is -0.988. The fraction of sp³-hybridized carbons (Fsp3) is 0.464. The molecule has 2 heteroatoms. The van der Waals surface area contributed by atoms with Crippen molar-refractivity contribution in [2.24, 2.45) is 7.05 Å². The Morgan fingerprint density at radius 2 is 1.77 bits per heavy atom. The summed E-state index contributed by atoms with van der Waals surface area (Å²) in [6.07, 6.45) is 2.64. The molecule has 5 rings (SSSR count). The summed E-state index contributed by atoms with van der Waals surface area (Å²) >= 11 is 0. The van der Waals surface area contributed by atoms with Crippen LogP contribution in [0.2, 0.25) is 25.2 Å². The van der Waals surface area contributed by atoms with Gasteiger partial charge >= 0.3 is 0 Å². The van der Waals surface area contributed by atoms with Crippen molar-refractivity contribution in [1.29, 1.82) is 0 Å². The number of aromatic nitrogens is 1. The second kappa shape index (κ2) is 6.53. The standard InChI is InChI=1S/C28H36NSi/c1-18-9-8-10-23-25(18)27-26-22(15-19(2)29(27)5)16-21(17-24(26)28(23,3)4)20-11-13-30(6,7)14-12-20/h8-10,15-17,20H,11-14H2,1-7H3/q+1/i15D. The molecule has 30 heavy (non-hydrogen) atoms. The summed E-state index contributed by atoms with van der Waals surface area (Å²) in [4.78, 5) is 0. The lowest BCUT2D eigenvalue weighted by Gasteiger charge is -2.37. The molecular formula is C28H36NSi+. The number of fused-ring (bicyclic) bond motifs is 2. The molecule has 0 N–H and O–H groups in total. The van der Waals surface area contributed by atoms with Crippen molar-refractivity contribution in [1.82, 2.24) is 0 Å². The Bertz CT molecular complexity index is 1230. The summed E-state index contributed by atoms with van der Waals surface area (Å²) in [6, 6.07) is 15.2. The number of benzene rings is 2. The zero-order valence-electron chi connectivity index (χ0n) is 20.7. The molecule has 1 aliphatic heterocycles. The van der Waals surface area contributed by atoms with Crippen LogP contribution in [0.5, 0.6) is 0 Å². The molecule has 0 radical (unpaired) electrons. The number of pyridine rings is 1. The largest absolute Gasteiger partial charge is 0.221 e. The van der Waals surface area contributed by atoms with Crippen LogP contribution in [0.25, 0.3) is 22.0 Å². The molecule has 0 unspecified atom stereocenters. The average molecular weight is 416 g/mol. The van der Waals surface area contributed by atoms with Crippen molar-refractivity contribution in [3.63, 3.8) is 0 Å². The van der Waals surface area contributed by atoms with Gasteiger partial charge < -0.3 is 0 Å². The first-order valence-corrected chi connectivity index (χ1v) is 15.0. The molecule has 1 aromatic heterocycles. The fourth-order valence-corrected chi connectivity index (χ4v) is 8.54. The Hall–Kier alpha value is -1.93. The second-order valence-corrected chi connectivity index (χ2v) is 16.5. The molecular weight excluding hydrogens is 378 g/mol. The first kappa shape index (κ1) is 18.8. The van der Waals surface area contributed by atoms with Crippen LogP contribution in [0, 0.1) is 13.8 Å². The van der Waals surface area contributed by atoms with Crippen LogP contribution in [-0.2, 0) is 12.5 Å². The van der Waals surface area contributed by atoms with E-state index in [1.807, 2.05) is 0 Å². The smallest absolute Gasteiger partial charge is 0.198 e. The number of nitrogens with zero attached hydrogens (tertiary/aromatic N) is 1. The Kier molecular flexibility index (Phi) is 4.09. The number of rotatable bonds is 1. The van der Waals surface area contributed by atoms with Crippen LogP contribution in [0.4, 0.5) is 0 Å². The van der Waals surface area contributed by atoms with E-state index in [4.69, 9.17) is 1.37 Å². The van der Waals surface area contributed by atoms with Gasteiger partial charge in [0.25, 0.3) is 0 Å². The molecule has 0 amide bonds. The molecule has 0 saturated carbocycles. The minimum Gasteiger partial charge on any atom is -0.198 e. The van der Waals surface area contributed by atoms with Crippen molar-refractivity contribution in [3.8, 4) is 11.3 Å². The van der Waals surface area contributed by atoms with Crippen LogP contribution >= 0.6 is 0 Å². The molecule has 1 nitrogen and oxygen atoms in total. The first-order chi connectivity index (χ1) is 14.5. The number of hydrogen-bond donors (Lipinski definition) is 0. The maximum Gasteiger partial charge on any atom is 0.221 e. The maximum atomic E-state index is 9.05. The van der Waals surface area contributed by atoms with Gasteiger partial charge in [0.05, 0.1) is 12.3 Å². The fourth-order valence-electron chi connectivity index (χ4n) is 6.03. The maximum absolute atomic E-state index is 9.05. The summed E-state index contributed by atoms with van der Waals surface area (Å²) in [5.74, 6) is 0.646. The Balaban J connectivity index is 1.85. The van der Waals surface area contributed by atoms with Gasteiger partial charge in [-0.15, -0.1) is 0 Å². The summed E-state index contributed by atoms with van der Waals surface area (Å²) < 4.78 is 11.3. The van der Waals surface area contributed by atoms with E-state index in [0.717, 1.165) is 11.1 Å². The lowest BCUT2D eigenvalue weighted by Crippen LogP contribution is -2.38. The van der Waals surface area contributed by atoms with Gasteiger partial charge in [-0.25, -0.2) is 0 Å². The highest BCUT2D eigenvalue weighted by atomic mass is 28.3. The molecule has 1 saturated heterocycles. The van der Waals surface area contributed by atoms with Crippen molar-refractivity contribution in [3.05, 3.63) is 64.3 Å². The zero-order valence-corrected chi connectivity index (χ0v) is 20.7. The highest BCUT2D eigenvalue weighted by Gasteiger charge is 2.39. The Morgan fingerprint density at radius 1 is 1.07 bits per heavy atom. The SMILES string of the molecule is [2H]c1c(C)[n+](C)c2c3c(cc(C4CC[Si](C)(C)CC4)cc13)C(C)(C)c1cccc(C)c1-2. The lowest BCUT2D eigenvalue weighted by molar-refractivity contribution is -0.665. The van der Waals surface area contributed by atoms with Crippen molar-refractivity contribution >= 4 is 18.8 Å². The van der Waals surface area contributed by atoms with Crippen LogP contribution in [0.15, 0.2) is 36.4 Å². The molecule has 3 aromatic rings. The third-order valence-electron chi connectivity index (χ3n) is 8.22. The van der Waals surface area contributed by atoms with Crippen LogP contribution in [0.3, 0.4) is 0 Å².